The largest absolute Gasteiger partial charge is 0.366 e. The highest BCUT2D eigenvalue weighted by Crippen LogP contribution is 2.42. The summed E-state index contributed by atoms with van der Waals surface area (Å²) in [6, 6.07) is 19.1. The van der Waals surface area contributed by atoms with E-state index in [2.05, 4.69) is 10.3 Å². The molecule has 3 aromatic rings. The van der Waals surface area contributed by atoms with E-state index in [1.165, 1.54) is 6.08 Å². The van der Waals surface area contributed by atoms with Crippen LogP contribution in [-0.2, 0) is 20.2 Å². The van der Waals surface area contributed by atoms with Gasteiger partial charge in [-0.25, -0.2) is 8.42 Å². The first-order chi connectivity index (χ1) is 17.1. The lowest BCUT2D eigenvalue weighted by Gasteiger charge is -2.40. The molecule has 7 nitrogen and oxygen atoms in total. The van der Waals surface area contributed by atoms with Crippen LogP contribution in [0.2, 0.25) is 5.02 Å². The van der Waals surface area contributed by atoms with Gasteiger partial charge >= 0.3 is 0 Å². The van der Waals surface area contributed by atoms with E-state index >= 15 is 0 Å². The van der Waals surface area contributed by atoms with Gasteiger partial charge in [0.1, 0.15) is 0 Å². The number of primary amides is 1. The molecule has 1 unspecified atom stereocenters. The number of hydrogen-bond acceptors (Lipinski definition) is 5. The molecule has 2 aromatic carbocycles. The summed E-state index contributed by atoms with van der Waals surface area (Å²) in [5.41, 5.74) is 7.00. The van der Waals surface area contributed by atoms with Crippen LogP contribution in [0.25, 0.3) is 11.3 Å². The Hall–Kier alpha value is -3.75. The molecule has 1 aliphatic rings. The summed E-state index contributed by atoms with van der Waals surface area (Å²) in [4.78, 5) is 30.0. The highest BCUT2D eigenvalue weighted by molar-refractivity contribution is 7.90. The van der Waals surface area contributed by atoms with Gasteiger partial charge in [0.05, 0.1) is 17.0 Å². The predicted molar refractivity (Wildman–Crippen MR) is 140 cm³/mol. The molecule has 2 amide bonds. The molecule has 1 atom stereocenters. The van der Waals surface area contributed by atoms with Crippen molar-refractivity contribution < 1.29 is 18.0 Å². The number of nitrogens with one attached hydrogen (secondary N) is 1. The molecule has 184 valence electrons. The molecule has 3 N–H and O–H groups in total. The highest BCUT2D eigenvalue weighted by atomic mass is 35.5. The summed E-state index contributed by atoms with van der Waals surface area (Å²) in [7, 11) is -3.51. The molecular formula is C27H24ClN3O4S. The Morgan fingerprint density at radius 3 is 2.42 bits per heavy atom. The van der Waals surface area contributed by atoms with Crippen LogP contribution >= 0.6 is 11.6 Å². The second kappa shape index (κ2) is 10.1. The first kappa shape index (κ1) is 25.3. The van der Waals surface area contributed by atoms with Gasteiger partial charge in [0, 0.05) is 40.6 Å². The number of amides is 2. The number of rotatable bonds is 7. The van der Waals surface area contributed by atoms with Crippen molar-refractivity contribution in [3.63, 3.8) is 0 Å². The second-order valence-corrected chi connectivity index (χ2v) is 11.2. The fourth-order valence-electron chi connectivity index (χ4n) is 4.27. The fourth-order valence-corrected chi connectivity index (χ4v) is 5.40. The van der Waals surface area contributed by atoms with Gasteiger partial charge in [0.25, 0.3) is 5.91 Å². The van der Waals surface area contributed by atoms with Gasteiger partial charge in [-0.3, -0.25) is 14.6 Å². The lowest BCUT2D eigenvalue weighted by Crippen LogP contribution is -2.50. The summed E-state index contributed by atoms with van der Waals surface area (Å²) in [5.74, 6) is -1.44. The van der Waals surface area contributed by atoms with Crippen molar-refractivity contribution in [3.8, 4) is 11.3 Å². The Kier molecular flexibility index (Phi) is 7.10. The molecule has 0 saturated carbocycles. The highest BCUT2D eigenvalue weighted by Gasteiger charge is 2.42. The van der Waals surface area contributed by atoms with Crippen molar-refractivity contribution in [3.05, 3.63) is 112 Å². The Morgan fingerprint density at radius 2 is 1.78 bits per heavy atom. The van der Waals surface area contributed by atoms with Crippen LogP contribution in [0.15, 0.2) is 96.2 Å². The van der Waals surface area contributed by atoms with Crippen molar-refractivity contribution in [2.45, 2.75) is 12.0 Å². The number of sulfone groups is 1. The summed E-state index contributed by atoms with van der Waals surface area (Å²) >= 11 is 6.52. The van der Waals surface area contributed by atoms with Crippen molar-refractivity contribution in [1.29, 1.82) is 0 Å². The normalized spacial score (nSPS) is 17.6. The van der Waals surface area contributed by atoms with Gasteiger partial charge in [-0.1, -0.05) is 54.1 Å². The number of allylic oxidation sites excluding steroid dienone is 2. The standard InChI is InChI=1S/C27H24ClN3O4S/c1-36(34,35)17-21-11-10-19(25(29)32)16-27(21,31-26(33)18-7-3-2-4-8-18)20-12-13-23(28)22(15-20)24-9-5-6-14-30-24/h2-15H,16-17H2,1H3,(H2,29,32)(H,31,33). The zero-order valence-electron chi connectivity index (χ0n) is 19.4. The molecule has 0 aliphatic heterocycles. The van der Waals surface area contributed by atoms with Crippen molar-refractivity contribution in [1.82, 2.24) is 10.3 Å². The predicted octanol–water partition coefficient (Wildman–Crippen LogP) is 3.81. The molecule has 9 heteroatoms. The molecule has 0 bridgehead atoms. The van der Waals surface area contributed by atoms with Gasteiger partial charge in [0.15, 0.2) is 9.84 Å². The van der Waals surface area contributed by atoms with Crippen LogP contribution in [0, 0.1) is 0 Å². The van der Waals surface area contributed by atoms with Gasteiger partial charge < -0.3 is 11.1 Å². The van der Waals surface area contributed by atoms with E-state index in [1.54, 1.807) is 72.9 Å². The first-order valence-electron chi connectivity index (χ1n) is 11.1. The Labute approximate surface area is 214 Å². The number of nitrogens with two attached hydrogens (primary N) is 1. The molecule has 1 aliphatic carbocycles. The molecule has 0 fully saturated rings. The third-order valence-corrected chi connectivity index (χ3v) is 7.15. The number of halogens is 1. The van der Waals surface area contributed by atoms with Crippen LogP contribution in [0.3, 0.4) is 0 Å². The smallest absolute Gasteiger partial charge is 0.252 e. The third kappa shape index (κ3) is 5.40. The fraction of sp³-hybridized carbons (Fsp3) is 0.148. The zero-order valence-corrected chi connectivity index (χ0v) is 21.0. The lowest BCUT2D eigenvalue weighted by molar-refractivity contribution is -0.114. The van der Waals surface area contributed by atoms with E-state index in [9.17, 15) is 18.0 Å². The van der Waals surface area contributed by atoms with E-state index in [0.717, 1.165) is 6.26 Å². The minimum absolute atomic E-state index is 0.0362. The molecule has 4 rings (SSSR count). The van der Waals surface area contributed by atoms with E-state index in [0.29, 0.717) is 33.0 Å². The minimum atomic E-state index is -3.51. The minimum Gasteiger partial charge on any atom is -0.366 e. The van der Waals surface area contributed by atoms with E-state index in [1.807, 2.05) is 6.07 Å². The summed E-state index contributed by atoms with van der Waals surface area (Å²) in [6.07, 6.45) is 5.77. The quantitative estimate of drug-likeness (QED) is 0.490. The summed E-state index contributed by atoms with van der Waals surface area (Å²) in [5, 5.41) is 3.46. The maximum absolute atomic E-state index is 13.4. The Bertz CT molecular complexity index is 1490. The monoisotopic (exact) mass is 521 g/mol. The van der Waals surface area contributed by atoms with Crippen LogP contribution in [0.4, 0.5) is 0 Å². The average molecular weight is 522 g/mol. The topological polar surface area (TPSA) is 119 Å². The van der Waals surface area contributed by atoms with Crippen LogP contribution in [0.1, 0.15) is 22.3 Å². The average Bonchev–Trinajstić information content (AvgIpc) is 2.85. The number of benzene rings is 2. The van der Waals surface area contributed by atoms with Crippen molar-refractivity contribution in [2.24, 2.45) is 5.73 Å². The van der Waals surface area contributed by atoms with Crippen molar-refractivity contribution >= 4 is 33.3 Å². The number of nitrogens with zero attached hydrogens (tertiary/aromatic N) is 1. The number of pyridine rings is 1. The Morgan fingerprint density at radius 1 is 1.06 bits per heavy atom. The SMILES string of the molecule is CS(=O)(=O)CC1=CC=C(C(N)=O)CC1(NC(=O)c1ccccc1)c1ccc(Cl)c(-c2ccccn2)c1. The molecule has 36 heavy (non-hydrogen) atoms. The maximum Gasteiger partial charge on any atom is 0.252 e. The molecular weight excluding hydrogens is 498 g/mol. The van der Waals surface area contributed by atoms with E-state index < -0.39 is 27.2 Å². The summed E-state index contributed by atoms with van der Waals surface area (Å²) < 4.78 is 24.9. The summed E-state index contributed by atoms with van der Waals surface area (Å²) in [6.45, 7) is 0. The van der Waals surface area contributed by atoms with Crippen molar-refractivity contribution in [2.75, 3.05) is 12.0 Å². The Balaban J connectivity index is 1.95. The number of carbonyl (C=O) groups excluding carboxylic acids is 2. The van der Waals surface area contributed by atoms with Gasteiger partial charge in [-0.05, 0) is 47.5 Å². The van der Waals surface area contributed by atoms with Crippen LogP contribution in [0.5, 0.6) is 0 Å². The molecule has 0 radical (unpaired) electrons. The molecule has 0 spiro atoms. The number of hydrogen-bond donors (Lipinski definition) is 2. The third-order valence-electron chi connectivity index (χ3n) is 5.99. The molecule has 1 heterocycles. The van der Waals surface area contributed by atoms with Crippen LogP contribution < -0.4 is 11.1 Å². The lowest BCUT2D eigenvalue weighted by atomic mass is 9.74. The first-order valence-corrected chi connectivity index (χ1v) is 13.5. The van der Waals surface area contributed by atoms with Gasteiger partial charge in [-0.15, -0.1) is 0 Å². The van der Waals surface area contributed by atoms with Gasteiger partial charge in [0.2, 0.25) is 5.91 Å². The molecule has 0 saturated heterocycles. The number of aromatic nitrogens is 1. The zero-order chi connectivity index (χ0) is 25.9. The van der Waals surface area contributed by atoms with E-state index in [-0.39, 0.29) is 17.7 Å². The molecule has 1 aromatic heterocycles. The second-order valence-electron chi connectivity index (χ2n) is 8.63. The van der Waals surface area contributed by atoms with E-state index in [4.69, 9.17) is 17.3 Å². The number of carbonyl (C=O) groups is 2. The maximum atomic E-state index is 13.4. The van der Waals surface area contributed by atoms with Gasteiger partial charge in [-0.2, -0.15) is 0 Å². The van der Waals surface area contributed by atoms with Crippen LogP contribution in [-0.4, -0.2) is 37.2 Å².